The minimum Gasteiger partial charge on any atom is -0.772 e. The van der Waals surface area contributed by atoms with Crippen molar-refractivity contribution in [2.75, 3.05) is 0 Å². The highest BCUT2D eigenvalue weighted by atomic mass is 32.2. The van der Waals surface area contributed by atoms with E-state index in [0.717, 1.165) is 16.7 Å². The molecule has 1 unspecified atom stereocenters. The van der Waals surface area contributed by atoms with Crippen LogP contribution in [-0.2, 0) is 16.8 Å². The summed E-state index contributed by atoms with van der Waals surface area (Å²) in [6.45, 7) is 0. The maximum atomic E-state index is 12.8. The van der Waals surface area contributed by atoms with Crippen molar-refractivity contribution in [3.8, 4) is 11.1 Å². The average Bonchev–Trinajstić information content (AvgIpc) is 2.29. The first-order valence-corrected chi connectivity index (χ1v) is 6.30. The number of benzene rings is 2. The van der Waals surface area contributed by atoms with Crippen LogP contribution < -0.4 is 0 Å². The van der Waals surface area contributed by atoms with Crippen molar-refractivity contribution in [1.29, 1.82) is 0 Å². The molecule has 0 heterocycles. The molecule has 2 rings (SSSR count). The fourth-order valence-corrected chi connectivity index (χ4v) is 2.07. The van der Waals surface area contributed by atoms with Crippen LogP contribution in [0.4, 0.5) is 4.39 Å². The number of hydrogen-bond acceptors (Lipinski definition) is 2. The number of rotatable bonds is 3. The highest BCUT2D eigenvalue weighted by Crippen LogP contribution is 2.21. The summed E-state index contributed by atoms with van der Waals surface area (Å²) in [5.74, 6) is -0.291. The third-order valence-corrected chi connectivity index (χ3v) is 2.96. The van der Waals surface area contributed by atoms with Crippen LogP contribution in [0.3, 0.4) is 0 Å². The zero-order chi connectivity index (χ0) is 12.3. The van der Waals surface area contributed by atoms with Crippen molar-refractivity contribution in [3.05, 3.63) is 59.9 Å². The van der Waals surface area contributed by atoms with Crippen molar-refractivity contribution in [1.82, 2.24) is 0 Å². The summed E-state index contributed by atoms with van der Waals surface area (Å²) in [6.07, 6.45) is 0. The van der Waals surface area contributed by atoms with E-state index in [4.69, 9.17) is 0 Å². The fraction of sp³-hybridized carbons (Fsp3) is 0.0769. The second-order valence-electron chi connectivity index (χ2n) is 3.66. The molecule has 0 saturated carbocycles. The van der Waals surface area contributed by atoms with E-state index in [2.05, 4.69) is 0 Å². The van der Waals surface area contributed by atoms with Gasteiger partial charge in [-0.15, -0.1) is 0 Å². The first-order valence-electron chi connectivity index (χ1n) is 5.06. The smallest absolute Gasteiger partial charge is 0.123 e. The van der Waals surface area contributed by atoms with Gasteiger partial charge in [-0.05, 0) is 28.8 Å². The van der Waals surface area contributed by atoms with Crippen molar-refractivity contribution < 1.29 is 13.2 Å². The predicted octanol–water partition coefficient (Wildman–Crippen LogP) is 2.87. The molecule has 0 radical (unpaired) electrons. The van der Waals surface area contributed by atoms with Gasteiger partial charge < -0.3 is 4.55 Å². The molecule has 0 spiro atoms. The van der Waals surface area contributed by atoms with Crippen molar-refractivity contribution in [2.45, 2.75) is 5.75 Å². The van der Waals surface area contributed by atoms with E-state index in [0.29, 0.717) is 0 Å². The molecular formula is C13H10FO2S-. The summed E-state index contributed by atoms with van der Waals surface area (Å²) in [6, 6.07) is 13.3. The van der Waals surface area contributed by atoms with Crippen molar-refractivity contribution >= 4 is 11.1 Å². The molecule has 2 aromatic carbocycles. The topological polar surface area (TPSA) is 40.1 Å². The molecule has 0 aliphatic heterocycles. The van der Waals surface area contributed by atoms with Crippen LogP contribution in [0, 0.1) is 5.82 Å². The maximum Gasteiger partial charge on any atom is 0.123 e. The van der Waals surface area contributed by atoms with Gasteiger partial charge in [0.15, 0.2) is 0 Å². The molecule has 88 valence electrons. The van der Waals surface area contributed by atoms with Gasteiger partial charge in [0, 0.05) is 5.75 Å². The monoisotopic (exact) mass is 249 g/mol. The van der Waals surface area contributed by atoms with Crippen LogP contribution in [0.2, 0.25) is 0 Å². The number of hydrogen-bond donors (Lipinski definition) is 0. The van der Waals surface area contributed by atoms with Gasteiger partial charge in [-0.1, -0.05) is 47.5 Å². The molecule has 0 amide bonds. The third kappa shape index (κ3) is 3.22. The first kappa shape index (κ1) is 12.0. The molecule has 4 heteroatoms. The average molecular weight is 249 g/mol. The maximum absolute atomic E-state index is 12.8. The van der Waals surface area contributed by atoms with Gasteiger partial charge >= 0.3 is 0 Å². The van der Waals surface area contributed by atoms with Gasteiger partial charge in [0.05, 0.1) is 0 Å². The summed E-state index contributed by atoms with van der Waals surface area (Å²) in [7, 11) is 0. The van der Waals surface area contributed by atoms with Crippen LogP contribution in [0.25, 0.3) is 11.1 Å². The molecule has 2 nitrogen and oxygen atoms in total. The Bertz CT molecular complexity index is 537. The Morgan fingerprint density at radius 2 is 1.76 bits per heavy atom. The summed E-state index contributed by atoms with van der Waals surface area (Å²) < 4.78 is 34.0. The molecule has 0 aromatic heterocycles. The van der Waals surface area contributed by atoms with Crippen LogP contribution in [-0.4, -0.2) is 8.76 Å². The Labute approximate surface area is 101 Å². The van der Waals surface area contributed by atoms with Gasteiger partial charge in [-0.25, -0.2) is 4.39 Å². The van der Waals surface area contributed by atoms with E-state index in [9.17, 15) is 13.2 Å². The van der Waals surface area contributed by atoms with E-state index >= 15 is 0 Å². The lowest BCUT2D eigenvalue weighted by Gasteiger charge is -2.07. The normalized spacial score (nSPS) is 12.4. The van der Waals surface area contributed by atoms with Gasteiger partial charge in [-0.3, -0.25) is 4.21 Å². The Morgan fingerprint density at radius 3 is 2.41 bits per heavy atom. The van der Waals surface area contributed by atoms with Crippen molar-refractivity contribution in [2.24, 2.45) is 0 Å². The molecule has 2 aromatic rings. The van der Waals surface area contributed by atoms with Crippen LogP contribution in [0.15, 0.2) is 48.5 Å². The Balaban J connectivity index is 2.32. The summed E-state index contributed by atoms with van der Waals surface area (Å²) in [5, 5.41) is 0. The molecule has 0 saturated heterocycles. The molecule has 0 aliphatic rings. The zero-order valence-electron chi connectivity index (χ0n) is 8.93. The SMILES string of the molecule is O=S([O-])Cc1cccc(-c2ccc(F)cc2)c1. The van der Waals surface area contributed by atoms with E-state index in [1.54, 1.807) is 30.3 Å². The standard InChI is InChI=1S/C13H11FO2S/c14-13-6-4-11(5-7-13)12-3-1-2-10(8-12)9-17(15)16/h1-8H,9H2,(H,15,16)/p-1. The lowest BCUT2D eigenvalue weighted by molar-refractivity contribution is 0.536. The first-order chi connectivity index (χ1) is 8.15. The van der Waals surface area contributed by atoms with E-state index in [-0.39, 0.29) is 11.6 Å². The van der Waals surface area contributed by atoms with Gasteiger partial charge in [-0.2, -0.15) is 0 Å². The molecule has 0 fully saturated rings. The van der Waals surface area contributed by atoms with E-state index in [1.165, 1.54) is 12.1 Å². The van der Waals surface area contributed by atoms with E-state index < -0.39 is 11.1 Å². The lowest BCUT2D eigenvalue weighted by atomic mass is 10.0. The minimum atomic E-state index is -2.09. The number of halogens is 1. The quantitative estimate of drug-likeness (QED) is 0.785. The molecule has 0 bridgehead atoms. The minimum absolute atomic E-state index is 0.00493. The Morgan fingerprint density at radius 1 is 1.06 bits per heavy atom. The van der Waals surface area contributed by atoms with Crippen molar-refractivity contribution in [3.63, 3.8) is 0 Å². The summed E-state index contributed by atoms with van der Waals surface area (Å²) in [5.41, 5.74) is 2.47. The Hall–Kier alpha value is -1.52. The van der Waals surface area contributed by atoms with Crippen LogP contribution in [0.1, 0.15) is 5.56 Å². The highest BCUT2D eigenvalue weighted by molar-refractivity contribution is 7.78. The molecule has 0 N–H and O–H groups in total. The second-order valence-corrected chi connectivity index (χ2v) is 4.55. The third-order valence-electron chi connectivity index (χ3n) is 2.39. The largest absolute Gasteiger partial charge is 0.772 e. The summed E-state index contributed by atoms with van der Waals surface area (Å²) in [4.78, 5) is 0. The fourth-order valence-electron chi connectivity index (χ4n) is 1.62. The molecule has 1 atom stereocenters. The van der Waals surface area contributed by atoms with Crippen LogP contribution >= 0.6 is 0 Å². The molecule has 17 heavy (non-hydrogen) atoms. The van der Waals surface area contributed by atoms with E-state index in [1.807, 2.05) is 6.07 Å². The zero-order valence-corrected chi connectivity index (χ0v) is 9.75. The van der Waals surface area contributed by atoms with Crippen LogP contribution in [0.5, 0.6) is 0 Å². The van der Waals surface area contributed by atoms with Gasteiger partial charge in [0.25, 0.3) is 0 Å². The Kier molecular flexibility index (Phi) is 3.66. The highest BCUT2D eigenvalue weighted by Gasteiger charge is 2.00. The van der Waals surface area contributed by atoms with Gasteiger partial charge in [0.1, 0.15) is 5.82 Å². The molecule has 0 aliphatic carbocycles. The summed E-state index contributed by atoms with van der Waals surface area (Å²) >= 11 is -2.09. The predicted molar refractivity (Wildman–Crippen MR) is 64.5 cm³/mol. The second kappa shape index (κ2) is 5.21. The molecular weight excluding hydrogens is 239 g/mol. The lowest BCUT2D eigenvalue weighted by Crippen LogP contribution is -1.93. The van der Waals surface area contributed by atoms with Gasteiger partial charge in [0.2, 0.25) is 0 Å².